The Morgan fingerprint density at radius 2 is 1.89 bits per heavy atom. The second-order valence-corrected chi connectivity index (χ2v) is 4.62. The number of carbonyl (C=O) groups is 1. The standard InChI is InChI=1S/C14H19F2NO2/c1-3-14(4-2,9-18)17-13(19)8-10-5-6-11(15)12(16)7-10/h5-7,18H,3-4,8-9H2,1-2H3,(H,17,19). The number of carbonyl (C=O) groups excluding carboxylic acids is 1. The molecule has 0 bridgehead atoms. The van der Waals surface area contributed by atoms with Crippen molar-refractivity contribution < 1.29 is 18.7 Å². The Morgan fingerprint density at radius 1 is 1.26 bits per heavy atom. The van der Waals surface area contributed by atoms with Gasteiger partial charge in [0, 0.05) is 0 Å². The molecule has 0 fully saturated rings. The number of halogens is 2. The number of benzene rings is 1. The largest absolute Gasteiger partial charge is 0.394 e. The third kappa shape index (κ3) is 3.99. The normalized spacial score (nSPS) is 11.4. The summed E-state index contributed by atoms with van der Waals surface area (Å²) in [6, 6.07) is 3.38. The van der Waals surface area contributed by atoms with Gasteiger partial charge >= 0.3 is 0 Å². The van der Waals surface area contributed by atoms with Crippen molar-refractivity contribution in [1.29, 1.82) is 0 Å². The fraction of sp³-hybridized carbons (Fsp3) is 0.500. The van der Waals surface area contributed by atoms with Crippen LogP contribution in [-0.2, 0) is 11.2 Å². The van der Waals surface area contributed by atoms with Gasteiger partial charge in [0.05, 0.1) is 18.6 Å². The minimum atomic E-state index is -0.968. The molecule has 1 rings (SSSR count). The minimum Gasteiger partial charge on any atom is -0.394 e. The first-order valence-electron chi connectivity index (χ1n) is 6.32. The van der Waals surface area contributed by atoms with Gasteiger partial charge in [0.2, 0.25) is 5.91 Å². The molecule has 0 heterocycles. The summed E-state index contributed by atoms with van der Waals surface area (Å²) in [7, 11) is 0. The van der Waals surface area contributed by atoms with Crippen LogP contribution in [0.25, 0.3) is 0 Å². The first-order valence-corrected chi connectivity index (χ1v) is 6.32. The van der Waals surface area contributed by atoms with Gasteiger partial charge in [0.1, 0.15) is 0 Å². The molecule has 0 aliphatic heterocycles. The molecule has 1 aromatic rings. The Balaban J connectivity index is 2.71. The lowest BCUT2D eigenvalue weighted by Gasteiger charge is -2.30. The second-order valence-electron chi connectivity index (χ2n) is 4.62. The van der Waals surface area contributed by atoms with E-state index in [1.54, 1.807) is 0 Å². The van der Waals surface area contributed by atoms with Crippen LogP contribution in [-0.4, -0.2) is 23.2 Å². The van der Waals surface area contributed by atoms with Crippen LogP contribution in [0.3, 0.4) is 0 Å². The monoisotopic (exact) mass is 271 g/mol. The average molecular weight is 271 g/mol. The van der Waals surface area contributed by atoms with Crippen molar-refractivity contribution in [3.63, 3.8) is 0 Å². The molecule has 0 aromatic heterocycles. The van der Waals surface area contributed by atoms with Crippen molar-refractivity contribution in [3.05, 3.63) is 35.4 Å². The van der Waals surface area contributed by atoms with E-state index in [0.29, 0.717) is 18.4 Å². The minimum absolute atomic E-state index is 0.0427. The average Bonchev–Trinajstić information content (AvgIpc) is 2.40. The molecule has 0 aliphatic rings. The summed E-state index contributed by atoms with van der Waals surface area (Å²) in [5.41, 5.74) is -0.245. The van der Waals surface area contributed by atoms with Crippen molar-refractivity contribution >= 4 is 5.91 Å². The van der Waals surface area contributed by atoms with Crippen LogP contribution in [0.5, 0.6) is 0 Å². The highest BCUT2D eigenvalue weighted by Gasteiger charge is 2.27. The van der Waals surface area contributed by atoms with Gasteiger partial charge in [-0.1, -0.05) is 19.9 Å². The summed E-state index contributed by atoms with van der Waals surface area (Å²) in [6.45, 7) is 3.60. The van der Waals surface area contributed by atoms with E-state index >= 15 is 0 Å². The Kier molecular flexibility index (Phi) is 5.42. The summed E-state index contributed by atoms with van der Waals surface area (Å²) in [6.07, 6.45) is 1.16. The Bertz CT molecular complexity index is 437. The number of hydrogen-bond acceptors (Lipinski definition) is 2. The Labute approximate surface area is 111 Å². The topological polar surface area (TPSA) is 49.3 Å². The molecule has 0 aliphatic carbocycles. The van der Waals surface area contributed by atoms with Crippen molar-refractivity contribution in [2.45, 2.75) is 38.6 Å². The molecule has 5 heteroatoms. The summed E-state index contributed by atoms with van der Waals surface area (Å²) >= 11 is 0. The predicted molar refractivity (Wildman–Crippen MR) is 68.6 cm³/mol. The lowest BCUT2D eigenvalue weighted by atomic mass is 9.93. The van der Waals surface area contributed by atoms with Crippen LogP contribution in [0.1, 0.15) is 32.3 Å². The fourth-order valence-electron chi connectivity index (χ4n) is 1.86. The molecule has 0 atom stereocenters. The maximum Gasteiger partial charge on any atom is 0.224 e. The van der Waals surface area contributed by atoms with Crippen LogP contribution in [0.2, 0.25) is 0 Å². The van der Waals surface area contributed by atoms with Gasteiger partial charge in [-0.05, 0) is 30.5 Å². The summed E-state index contributed by atoms with van der Waals surface area (Å²) < 4.78 is 25.8. The molecule has 1 aromatic carbocycles. The number of rotatable bonds is 6. The van der Waals surface area contributed by atoms with Gasteiger partial charge in [-0.25, -0.2) is 8.78 Å². The highest BCUT2D eigenvalue weighted by Crippen LogP contribution is 2.15. The van der Waals surface area contributed by atoms with E-state index in [-0.39, 0.29) is 18.9 Å². The fourth-order valence-corrected chi connectivity index (χ4v) is 1.86. The van der Waals surface area contributed by atoms with Gasteiger partial charge < -0.3 is 10.4 Å². The van der Waals surface area contributed by atoms with Crippen molar-refractivity contribution in [3.8, 4) is 0 Å². The number of amides is 1. The molecule has 0 radical (unpaired) electrons. The summed E-state index contributed by atoms with van der Waals surface area (Å²) in [5.74, 6) is -2.22. The maximum absolute atomic E-state index is 13.0. The molecule has 1 amide bonds. The SMILES string of the molecule is CCC(CC)(CO)NC(=O)Cc1ccc(F)c(F)c1. The number of nitrogens with one attached hydrogen (secondary N) is 1. The van der Waals surface area contributed by atoms with E-state index in [1.807, 2.05) is 13.8 Å². The Morgan fingerprint density at radius 3 is 2.37 bits per heavy atom. The van der Waals surface area contributed by atoms with Gasteiger partial charge in [0.15, 0.2) is 11.6 Å². The van der Waals surface area contributed by atoms with Gasteiger partial charge in [-0.15, -0.1) is 0 Å². The molecule has 2 N–H and O–H groups in total. The highest BCUT2D eigenvalue weighted by atomic mass is 19.2. The molecule has 0 unspecified atom stereocenters. The molecule has 0 spiro atoms. The van der Waals surface area contributed by atoms with Crippen LogP contribution in [0.4, 0.5) is 8.78 Å². The van der Waals surface area contributed by atoms with Crippen LogP contribution < -0.4 is 5.32 Å². The lowest BCUT2D eigenvalue weighted by molar-refractivity contribution is -0.123. The molecule has 0 saturated carbocycles. The second kappa shape index (κ2) is 6.61. The van der Waals surface area contributed by atoms with Crippen molar-refractivity contribution in [1.82, 2.24) is 5.32 Å². The molecule has 0 saturated heterocycles. The third-order valence-electron chi connectivity index (χ3n) is 3.41. The van der Waals surface area contributed by atoms with Gasteiger partial charge in [-0.3, -0.25) is 4.79 Å². The zero-order chi connectivity index (χ0) is 14.5. The molecule has 19 heavy (non-hydrogen) atoms. The van der Waals surface area contributed by atoms with E-state index < -0.39 is 17.2 Å². The first kappa shape index (κ1) is 15.6. The van der Waals surface area contributed by atoms with Crippen molar-refractivity contribution in [2.24, 2.45) is 0 Å². The van der Waals surface area contributed by atoms with Crippen LogP contribution in [0.15, 0.2) is 18.2 Å². The highest BCUT2D eigenvalue weighted by molar-refractivity contribution is 5.79. The van der Waals surface area contributed by atoms with Crippen molar-refractivity contribution in [2.75, 3.05) is 6.61 Å². The van der Waals surface area contributed by atoms with E-state index in [2.05, 4.69) is 5.32 Å². The molecule has 106 valence electrons. The zero-order valence-corrected chi connectivity index (χ0v) is 11.2. The molecular formula is C14H19F2NO2. The first-order chi connectivity index (χ1) is 8.96. The van der Waals surface area contributed by atoms with Crippen LogP contribution >= 0.6 is 0 Å². The Hall–Kier alpha value is -1.49. The van der Waals surface area contributed by atoms with Crippen LogP contribution in [0, 0.1) is 11.6 Å². The quantitative estimate of drug-likeness (QED) is 0.833. The van der Waals surface area contributed by atoms with E-state index in [0.717, 1.165) is 12.1 Å². The molecule has 3 nitrogen and oxygen atoms in total. The maximum atomic E-state index is 13.0. The molecular weight excluding hydrogens is 252 g/mol. The van der Waals surface area contributed by atoms with Gasteiger partial charge in [-0.2, -0.15) is 0 Å². The number of aliphatic hydroxyl groups excluding tert-OH is 1. The van der Waals surface area contributed by atoms with Gasteiger partial charge in [0.25, 0.3) is 0 Å². The lowest BCUT2D eigenvalue weighted by Crippen LogP contribution is -2.51. The van der Waals surface area contributed by atoms with E-state index in [1.165, 1.54) is 6.07 Å². The third-order valence-corrected chi connectivity index (χ3v) is 3.41. The number of aliphatic hydroxyl groups is 1. The predicted octanol–water partition coefficient (Wildman–Crippen LogP) is 2.17. The van der Waals surface area contributed by atoms with E-state index in [4.69, 9.17) is 0 Å². The van der Waals surface area contributed by atoms with E-state index in [9.17, 15) is 18.7 Å². The zero-order valence-electron chi connectivity index (χ0n) is 11.2. The summed E-state index contributed by atoms with van der Waals surface area (Å²) in [5, 5.41) is 12.1. The summed E-state index contributed by atoms with van der Waals surface area (Å²) in [4.78, 5) is 11.9. The smallest absolute Gasteiger partial charge is 0.224 e. The number of hydrogen-bond donors (Lipinski definition) is 2.